The molecule has 3 nitrogen and oxygen atoms in total. The van der Waals surface area contributed by atoms with Crippen LogP contribution in [0.25, 0.3) is 0 Å². The monoisotopic (exact) mass is 303 g/mol. The van der Waals surface area contributed by atoms with Gasteiger partial charge in [0.15, 0.2) is 0 Å². The number of aromatic nitrogens is 1. The van der Waals surface area contributed by atoms with Crippen LogP contribution in [0.15, 0.2) is 29.8 Å². The lowest BCUT2D eigenvalue weighted by molar-refractivity contribution is 0.296. The van der Waals surface area contributed by atoms with Crippen LogP contribution in [-0.2, 0) is 6.54 Å². The first-order valence-corrected chi connectivity index (χ1v) is 8.49. The number of aryl methyl sites for hydroxylation is 1. The average molecular weight is 303 g/mol. The molecule has 0 radical (unpaired) electrons. The number of benzene rings is 1. The number of hydrogen-bond donors (Lipinski definition) is 1. The van der Waals surface area contributed by atoms with Gasteiger partial charge in [0.1, 0.15) is 0 Å². The molecule has 1 aromatic heterocycles. The molecule has 1 N–H and O–H groups in total. The van der Waals surface area contributed by atoms with Crippen molar-refractivity contribution in [2.75, 3.05) is 18.4 Å². The van der Waals surface area contributed by atoms with E-state index in [1.165, 1.54) is 16.1 Å². The highest BCUT2D eigenvalue weighted by atomic mass is 32.1. The fraction of sp³-hybridized carbons (Fsp3) is 0.471. The van der Waals surface area contributed by atoms with E-state index in [1.54, 1.807) is 11.3 Å². The van der Waals surface area contributed by atoms with Gasteiger partial charge in [0.05, 0.1) is 17.2 Å². The van der Waals surface area contributed by atoms with Gasteiger partial charge in [0.2, 0.25) is 0 Å². The van der Waals surface area contributed by atoms with E-state index in [9.17, 15) is 0 Å². The Hall–Kier alpha value is -1.39. The molecule has 0 aliphatic heterocycles. The molecule has 2 aromatic rings. The Balaban J connectivity index is 2.05. The van der Waals surface area contributed by atoms with Crippen molar-refractivity contribution in [1.82, 2.24) is 9.88 Å². The summed E-state index contributed by atoms with van der Waals surface area (Å²) in [5, 5.41) is 3.59. The predicted molar refractivity (Wildman–Crippen MR) is 92.0 cm³/mol. The summed E-state index contributed by atoms with van der Waals surface area (Å²) in [7, 11) is 0. The van der Waals surface area contributed by atoms with Crippen LogP contribution in [0, 0.1) is 6.92 Å². The molecule has 1 atom stereocenters. The normalized spacial score (nSPS) is 12.6. The first-order chi connectivity index (χ1) is 10.1. The molecule has 0 fully saturated rings. The second-order valence-electron chi connectivity index (χ2n) is 5.33. The lowest BCUT2D eigenvalue weighted by atomic mass is 10.1. The van der Waals surface area contributed by atoms with Gasteiger partial charge in [-0.15, -0.1) is 11.3 Å². The van der Waals surface area contributed by atoms with E-state index in [0.717, 1.165) is 25.3 Å². The number of nitrogens with zero attached hydrogens (tertiary/aromatic N) is 2. The van der Waals surface area contributed by atoms with E-state index < -0.39 is 0 Å². The molecule has 0 amide bonds. The summed E-state index contributed by atoms with van der Waals surface area (Å²) in [4.78, 5) is 8.07. The van der Waals surface area contributed by atoms with E-state index in [0.29, 0.717) is 6.04 Å². The zero-order valence-electron chi connectivity index (χ0n) is 13.4. The molecule has 21 heavy (non-hydrogen) atoms. The van der Waals surface area contributed by atoms with Gasteiger partial charge in [-0.05, 0) is 44.6 Å². The second kappa shape index (κ2) is 7.57. The Labute approximate surface area is 132 Å². The van der Waals surface area contributed by atoms with Crippen molar-refractivity contribution in [1.29, 1.82) is 0 Å². The molecule has 4 heteroatoms. The fourth-order valence-electron chi connectivity index (χ4n) is 2.51. The lowest BCUT2D eigenvalue weighted by Gasteiger charge is -2.19. The molecular weight excluding hydrogens is 278 g/mol. The third kappa shape index (κ3) is 4.29. The fourth-order valence-corrected chi connectivity index (χ4v) is 3.32. The zero-order chi connectivity index (χ0) is 15.2. The lowest BCUT2D eigenvalue weighted by Crippen LogP contribution is -2.22. The summed E-state index contributed by atoms with van der Waals surface area (Å²) in [6.07, 6.45) is 0. The molecule has 2 rings (SSSR count). The van der Waals surface area contributed by atoms with Crippen molar-refractivity contribution < 1.29 is 0 Å². The van der Waals surface area contributed by atoms with E-state index >= 15 is 0 Å². The van der Waals surface area contributed by atoms with Crippen molar-refractivity contribution in [3.05, 3.63) is 45.9 Å². The number of anilines is 1. The smallest absolute Gasteiger partial charge is 0.0798 e. The summed E-state index contributed by atoms with van der Waals surface area (Å²) < 4.78 is 0. The van der Waals surface area contributed by atoms with Crippen LogP contribution in [0.4, 0.5) is 5.69 Å². The summed E-state index contributed by atoms with van der Waals surface area (Å²) in [6, 6.07) is 9.02. The molecule has 0 aliphatic rings. The van der Waals surface area contributed by atoms with E-state index in [2.05, 4.69) is 67.2 Å². The summed E-state index contributed by atoms with van der Waals surface area (Å²) in [5.41, 5.74) is 5.58. The number of nitrogens with one attached hydrogen (secondary N) is 1. The Kier molecular flexibility index (Phi) is 5.76. The van der Waals surface area contributed by atoms with Gasteiger partial charge in [-0.2, -0.15) is 0 Å². The molecule has 0 saturated heterocycles. The molecule has 1 aromatic carbocycles. The van der Waals surface area contributed by atoms with Gasteiger partial charge in [-0.25, -0.2) is 4.98 Å². The molecule has 114 valence electrons. The molecule has 0 spiro atoms. The summed E-state index contributed by atoms with van der Waals surface area (Å²) >= 11 is 1.72. The van der Waals surface area contributed by atoms with E-state index in [4.69, 9.17) is 0 Å². The molecule has 0 saturated carbocycles. The van der Waals surface area contributed by atoms with Crippen molar-refractivity contribution in [3.8, 4) is 0 Å². The van der Waals surface area contributed by atoms with Crippen LogP contribution < -0.4 is 5.32 Å². The minimum absolute atomic E-state index is 0.293. The van der Waals surface area contributed by atoms with Gasteiger partial charge >= 0.3 is 0 Å². The first-order valence-electron chi connectivity index (χ1n) is 7.61. The van der Waals surface area contributed by atoms with Crippen LogP contribution in [0.1, 0.15) is 42.9 Å². The van der Waals surface area contributed by atoms with Gasteiger partial charge in [0.25, 0.3) is 0 Å². The SMILES string of the molecule is CCN(CC)Cc1cccc(NC(C)c2scnc2C)c1. The van der Waals surface area contributed by atoms with E-state index in [-0.39, 0.29) is 0 Å². The number of thiazole rings is 1. The van der Waals surface area contributed by atoms with Crippen molar-refractivity contribution in [2.45, 2.75) is 40.3 Å². The van der Waals surface area contributed by atoms with Gasteiger partial charge in [-0.1, -0.05) is 26.0 Å². The third-order valence-corrected chi connectivity index (χ3v) is 4.90. The minimum Gasteiger partial charge on any atom is -0.378 e. The maximum Gasteiger partial charge on any atom is 0.0798 e. The maximum atomic E-state index is 4.33. The molecule has 0 bridgehead atoms. The van der Waals surface area contributed by atoms with Crippen LogP contribution in [0.2, 0.25) is 0 Å². The largest absolute Gasteiger partial charge is 0.378 e. The predicted octanol–water partition coefficient (Wildman–Crippen LogP) is 4.47. The zero-order valence-corrected chi connectivity index (χ0v) is 14.2. The number of hydrogen-bond acceptors (Lipinski definition) is 4. The Bertz CT molecular complexity index is 561. The first kappa shape index (κ1) is 16.0. The molecule has 1 heterocycles. The number of rotatable bonds is 7. The van der Waals surface area contributed by atoms with Gasteiger partial charge < -0.3 is 5.32 Å². The highest BCUT2D eigenvalue weighted by Gasteiger charge is 2.11. The second-order valence-corrected chi connectivity index (χ2v) is 6.22. The molecule has 1 unspecified atom stereocenters. The van der Waals surface area contributed by atoms with Gasteiger partial charge in [-0.3, -0.25) is 4.90 Å². The average Bonchev–Trinajstić information content (AvgIpc) is 2.91. The Morgan fingerprint density at radius 1 is 1.29 bits per heavy atom. The Morgan fingerprint density at radius 2 is 2.05 bits per heavy atom. The highest BCUT2D eigenvalue weighted by molar-refractivity contribution is 7.09. The van der Waals surface area contributed by atoms with Gasteiger partial charge in [0, 0.05) is 17.1 Å². The van der Waals surface area contributed by atoms with Crippen molar-refractivity contribution >= 4 is 17.0 Å². The molecule has 0 aliphatic carbocycles. The maximum absolute atomic E-state index is 4.33. The topological polar surface area (TPSA) is 28.2 Å². The van der Waals surface area contributed by atoms with Crippen LogP contribution in [-0.4, -0.2) is 23.0 Å². The highest BCUT2D eigenvalue weighted by Crippen LogP contribution is 2.25. The standard InChI is InChI=1S/C17H25N3S/c1-5-20(6-2)11-15-8-7-9-16(10-15)19-14(4)17-13(3)18-12-21-17/h7-10,12,14,19H,5-6,11H2,1-4H3. The minimum atomic E-state index is 0.293. The summed E-state index contributed by atoms with van der Waals surface area (Å²) in [5.74, 6) is 0. The summed E-state index contributed by atoms with van der Waals surface area (Å²) in [6.45, 7) is 11.9. The quantitative estimate of drug-likeness (QED) is 0.818. The van der Waals surface area contributed by atoms with E-state index in [1.807, 2.05) is 5.51 Å². The third-order valence-electron chi connectivity index (χ3n) is 3.79. The Morgan fingerprint density at radius 3 is 2.67 bits per heavy atom. The van der Waals surface area contributed by atoms with Crippen LogP contribution >= 0.6 is 11.3 Å². The van der Waals surface area contributed by atoms with Crippen molar-refractivity contribution in [3.63, 3.8) is 0 Å². The van der Waals surface area contributed by atoms with Crippen LogP contribution in [0.3, 0.4) is 0 Å². The van der Waals surface area contributed by atoms with Crippen LogP contribution in [0.5, 0.6) is 0 Å². The van der Waals surface area contributed by atoms with Crippen molar-refractivity contribution in [2.24, 2.45) is 0 Å². The molecular formula is C17H25N3S.